The van der Waals surface area contributed by atoms with E-state index >= 15 is 0 Å². The number of nitrogens with one attached hydrogen (secondary N) is 1. The van der Waals surface area contributed by atoms with E-state index < -0.39 is 0 Å². The molecule has 1 aliphatic carbocycles. The van der Waals surface area contributed by atoms with E-state index in [2.05, 4.69) is 30.5 Å². The summed E-state index contributed by atoms with van der Waals surface area (Å²) in [7, 11) is 1.98. The molecule has 1 unspecified atom stereocenters. The summed E-state index contributed by atoms with van der Waals surface area (Å²) in [5, 5.41) is 7.96. The van der Waals surface area contributed by atoms with Crippen LogP contribution >= 0.6 is 0 Å². The van der Waals surface area contributed by atoms with Crippen molar-refractivity contribution in [3.05, 3.63) is 17.5 Å². The van der Waals surface area contributed by atoms with Gasteiger partial charge in [-0.15, -0.1) is 0 Å². The Balaban J connectivity index is 1.73. The van der Waals surface area contributed by atoms with Gasteiger partial charge in [-0.25, -0.2) is 0 Å². The van der Waals surface area contributed by atoms with Gasteiger partial charge < -0.3 is 5.32 Å². The molecule has 1 aromatic rings. The maximum absolute atomic E-state index is 4.38. The van der Waals surface area contributed by atoms with Crippen molar-refractivity contribution in [1.82, 2.24) is 15.1 Å². The van der Waals surface area contributed by atoms with Crippen molar-refractivity contribution < 1.29 is 0 Å². The molecule has 0 amide bonds. The molecule has 2 rings (SSSR count). The van der Waals surface area contributed by atoms with E-state index in [1.165, 1.54) is 31.2 Å². The number of aromatic nitrogens is 2. The molecule has 1 N–H and O–H groups in total. The van der Waals surface area contributed by atoms with Crippen LogP contribution in [0.1, 0.15) is 49.9 Å². The van der Waals surface area contributed by atoms with Crippen LogP contribution in [0.5, 0.6) is 0 Å². The minimum absolute atomic E-state index is 0.424. The highest BCUT2D eigenvalue weighted by atomic mass is 15.3. The van der Waals surface area contributed by atoms with E-state index in [1.54, 1.807) is 0 Å². The van der Waals surface area contributed by atoms with Crippen molar-refractivity contribution in [3.8, 4) is 0 Å². The summed E-state index contributed by atoms with van der Waals surface area (Å²) in [6, 6.07) is 0.424. The van der Waals surface area contributed by atoms with E-state index in [-0.39, 0.29) is 0 Å². The number of rotatable bonds is 6. The first-order valence-electron chi connectivity index (χ1n) is 6.40. The van der Waals surface area contributed by atoms with Gasteiger partial charge in [0.05, 0.1) is 5.69 Å². The Hall–Kier alpha value is -0.830. The Kier molecular flexibility index (Phi) is 3.64. The van der Waals surface area contributed by atoms with Gasteiger partial charge in [-0.3, -0.25) is 4.68 Å². The maximum atomic E-state index is 4.38. The molecule has 0 bridgehead atoms. The summed E-state index contributed by atoms with van der Waals surface area (Å²) < 4.78 is 1.90. The first-order valence-corrected chi connectivity index (χ1v) is 6.40. The molecular weight excluding hydrogens is 198 g/mol. The second kappa shape index (κ2) is 5.00. The van der Waals surface area contributed by atoms with Crippen LogP contribution in [0.2, 0.25) is 0 Å². The molecule has 0 aliphatic heterocycles. The summed E-state index contributed by atoms with van der Waals surface area (Å²) >= 11 is 0. The Labute approximate surface area is 98.2 Å². The Bertz CT molecular complexity index is 339. The molecular formula is C13H23N3. The number of hydrogen-bond donors (Lipinski definition) is 1. The van der Waals surface area contributed by atoms with Crippen LogP contribution in [0.3, 0.4) is 0 Å². The molecule has 1 fully saturated rings. The lowest BCUT2D eigenvalue weighted by molar-refractivity contribution is 0.531. The number of aryl methyl sites for hydroxylation is 2. The largest absolute Gasteiger partial charge is 0.310 e. The van der Waals surface area contributed by atoms with Gasteiger partial charge in [-0.05, 0) is 39.2 Å². The zero-order valence-corrected chi connectivity index (χ0v) is 10.7. The third kappa shape index (κ3) is 3.08. The zero-order chi connectivity index (χ0) is 11.5. The van der Waals surface area contributed by atoms with Crippen molar-refractivity contribution in [2.75, 3.05) is 6.54 Å². The molecule has 1 atom stereocenters. The molecule has 0 radical (unpaired) electrons. The fourth-order valence-electron chi connectivity index (χ4n) is 2.27. The third-order valence-electron chi connectivity index (χ3n) is 3.45. The van der Waals surface area contributed by atoms with E-state index in [0.29, 0.717) is 6.04 Å². The summed E-state index contributed by atoms with van der Waals surface area (Å²) in [4.78, 5) is 0. The highest BCUT2D eigenvalue weighted by molar-refractivity contribution is 5.19. The van der Waals surface area contributed by atoms with E-state index in [4.69, 9.17) is 0 Å². The van der Waals surface area contributed by atoms with E-state index in [1.807, 2.05) is 11.7 Å². The highest BCUT2D eigenvalue weighted by Gasteiger charge is 2.20. The zero-order valence-electron chi connectivity index (χ0n) is 10.7. The molecule has 16 heavy (non-hydrogen) atoms. The fourth-order valence-corrected chi connectivity index (χ4v) is 2.27. The van der Waals surface area contributed by atoms with Gasteiger partial charge in [0.15, 0.2) is 0 Å². The molecule has 0 spiro atoms. The van der Waals surface area contributed by atoms with Crippen molar-refractivity contribution >= 4 is 0 Å². The van der Waals surface area contributed by atoms with Gasteiger partial charge in [0.2, 0.25) is 0 Å². The average Bonchev–Trinajstić information content (AvgIpc) is 2.98. The number of nitrogens with zero attached hydrogens (tertiary/aromatic N) is 2. The summed E-state index contributed by atoms with van der Waals surface area (Å²) in [6.07, 6.45) is 7.78. The predicted octanol–water partition coefficient (Wildman–Crippen LogP) is 2.57. The molecule has 90 valence electrons. The Morgan fingerprint density at radius 1 is 1.56 bits per heavy atom. The number of hydrogen-bond acceptors (Lipinski definition) is 2. The van der Waals surface area contributed by atoms with E-state index in [0.717, 1.165) is 18.2 Å². The molecule has 1 heterocycles. The highest BCUT2D eigenvalue weighted by Crippen LogP contribution is 2.33. The van der Waals surface area contributed by atoms with Crippen LogP contribution in [-0.4, -0.2) is 16.3 Å². The van der Waals surface area contributed by atoms with Crippen LogP contribution in [-0.2, 0) is 7.05 Å². The smallest absolute Gasteiger partial charge is 0.0641 e. The lowest BCUT2D eigenvalue weighted by Gasteiger charge is -2.12. The molecule has 3 heteroatoms. The standard InChI is InChI=1S/C13H23N3/c1-10(13-9-16(3)15-11(13)2)14-8-4-5-12-6-7-12/h9-10,12,14H,4-8H2,1-3H3. The average molecular weight is 221 g/mol. The molecule has 0 saturated heterocycles. The molecule has 1 saturated carbocycles. The van der Waals surface area contributed by atoms with Crippen molar-refractivity contribution in [2.45, 2.75) is 45.6 Å². The van der Waals surface area contributed by atoms with Gasteiger partial charge in [0.1, 0.15) is 0 Å². The second-order valence-corrected chi connectivity index (χ2v) is 5.10. The maximum Gasteiger partial charge on any atom is 0.0641 e. The Morgan fingerprint density at radius 2 is 2.31 bits per heavy atom. The Morgan fingerprint density at radius 3 is 2.88 bits per heavy atom. The molecule has 1 aromatic heterocycles. The van der Waals surface area contributed by atoms with Crippen LogP contribution in [0.4, 0.5) is 0 Å². The first kappa shape index (κ1) is 11.6. The third-order valence-corrected chi connectivity index (χ3v) is 3.45. The quantitative estimate of drug-likeness (QED) is 0.748. The molecule has 0 aromatic carbocycles. The van der Waals surface area contributed by atoms with Gasteiger partial charge >= 0.3 is 0 Å². The summed E-state index contributed by atoms with van der Waals surface area (Å²) in [5.74, 6) is 1.05. The van der Waals surface area contributed by atoms with E-state index in [9.17, 15) is 0 Å². The topological polar surface area (TPSA) is 29.9 Å². The van der Waals surface area contributed by atoms with Crippen LogP contribution in [0, 0.1) is 12.8 Å². The monoisotopic (exact) mass is 221 g/mol. The fraction of sp³-hybridized carbons (Fsp3) is 0.769. The van der Waals surface area contributed by atoms with Gasteiger partial charge in [-0.1, -0.05) is 12.8 Å². The minimum atomic E-state index is 0.424. The van der Waals surface area contributed by atoms with Crippen molar-refractivity contribution in [3.63, 3.8) is 0 Å². The van der Waals surface area contributed by atoms with Crippen molar-refractivity contribution in [2.24, 2.45) is 13.0 Å². The van der Waals surface area contributed by atoms with Gasteiger partial charge in [0.25, 0.3) is 0 Å². The molecule has 3 nitrogen and oxygen atoms in total. The molecule has 1 aliphatic rings. The SMILES string of the molecule is Cc1nn(C)cc1C(C)NCCCC1CC1. The van der Waals surface area contributed by atoms with Crippen LogP contribution < -0.4 is 5.32 Å². The summed E-state index contributed by atoms with van der Waals surface area (Å²) in [5.41, 5.74) is 2.47. The van der Waals surface area contributed by atoms with Crippen molar-refractivity contribution in [1.29, 1.82) is 0 Å². The van der Waals surface area contributed by atoms with Crippen LogP contribution in [0.25, 0.3) is 0 Å². The van der Waals surface area contributed by atoms with Gasteiger partial charge in [-0.2, -0.15) is 5.10 Å². The second-order valence-electron chi connectivity index (χ2n) is 5.10. The van der Waals surface area contributed by atoms with Crippen LogP contribution in [0.15, 0.2) is 6.20 Å². The lowest BCUT2D eigenvalue weighted by atomic mass is 10.1. The lowest BCUT2D eigenvalue weighted by Crippen LogP contribution is -2.20. The minimum Gasteiger partial charge on any atom is -0.310 e. The predicted molar refractivity (Wildman–Crippen MR) is 66.3 cm³/mol. The first-order chi connectivity index (χ1) is 7.66. The summed E-state index contributed by atoms with van der Waals surface area (Å²) in [6.45, 7) is 5.44. The normalized spacial score (nSPS) is 17.7. The van der Waals surface area contributed by atoms with Gasteiger partial charge in [0, 0.05) is 24.8 Å².